The molecule has 0 saturated heterocycles. The molecule has 0 radical (unpaired) electrons. The van der Waals surface area contributed by atoms with Crippen molar-refractivity contribution in [3.05, 3.63) is 87.7 Å². The molecule has 1 aliphatic rings. The third kappa shape index (κ3) is 4.03. The van der Waals surface area contributed by atoms with Crippen LogP contribution in [0.15, 0.2) is 59.4 Å². The number of anilines is 2. The molecule has 148 valence electrons. The molecule has 1 aliphatic heterocycles. The van der Waals surface area contributed by atoms with E-state index in [2.05, 4.69) is 15.2 Å². The Morgan fingerprint density at radius 1 is 1.17 bits per heavy atom. The van der Waals surface area contributed by atoms with E-state index in [4.69, 9.17) is 4.98 Å². The molecule has 1 aromatic carbocycles. The molecule has 0 bridgehead atoms. The van der Waals surface area contributed by atoms with Crippen LogP contribution in [0, 0.1) is 5.82 Å². The maximum atomic E-state index is 13.0. The van der Waals surface area contributed by atoms with Gasteiger partial charge >= 0.3 is 0 Å². The van der Waals surface area contributed by atoms with Crippen LogP contribution in [0.3, 0.4) is 0 Å². The van der Waals surface area contributed by atoms with E-state index in [1.807, 2.05) is 25.1 Å². The minimum absolute atomic E-state index is 0.142. The fraction of sp³-hybridized carbons (Fsp3) is 0.227. The van der Waals surface area contributed by atoms with Gasteiger partial charge in [0.05, 0.1) is 23.1 Å². The number of aromatic nitrogens is 2. The van der Waals surface area contributed by atoms with Crippen LogP contribution < -0.4 is 15.8 Å². The summed E-state index contributed by atoms with van der Waals surface area (Å²) >= 11 is 0. The van der Waals surface area contributed by atoms with Crippen molar-refractivity contribution < 1.29 is 9.18 Å². The molecule has 4 rings (SSSR count). The van der Waals surface area contributed by atoms with Crippen LogP contribution in [-0.2, 0) is 6.42 Å². The normalized spacial score (nSPS) is 14.2. The van der Waals surface area contributed by atoms with Crippen molar-refractivity contribution in [1.82, 2.24) is 15.3 Å². The molecule has 2 N–H and O–H groups in total. The predicted molar refractivity (Wildman–Crippen MR) is 109 cm³/mol. The van der Waals surface area contributed by atoms with E-state index in [1.165, 1.54) is 30.3 Å². The van der Waals surface area contributed by atoms with E-state index in [0.717, 1.165) is 42.3 Å². The number of hydrogen-bond donors (Lipinski definition) is 2. The predicted octanol–water partition coefficient (Wildman–Crippen LogP) is 3.48. The zero-order valence-corrected chi connectivity index (χ0v) is 16.0. The quantitative estimate of drug-likeness (QED) is 0.713. The summed E-state index contributed by atoms with van der Waals surface area (Å²) < 4.78 is 13.0. The first-order valence-corrected chi connectivity index (χ1v) is 9.54. The second-order valence-electron chi connectivity index (χ2n) is 7.06. The van der Waals surface area contributed by atoms with Crippen LogP contribution in [0.25, 0.3) is 0 Å². The second-order valence-corrected chi connectivity index (χ2v) is 7.06. The van der Waals surface area contributed by atoms with Gasteiger partial charge in [-0.15, -0.1) is 0 Å². The molecular formula is C22H21FN4O2. The molecule has 29 heavy (non-hydrogen) atoms. The number of halogens is 1. The third-order valence-electron chi connectivity index (χ3n) is 5.00. The van der Waals surface area contributed by atoms with Gasteiger partial charge in [-0.05, 0) is 62.2 Å². The number of nitrogens with zero attached hydrogens (tertiary/aromatic N) is 2. The van der Waals surface area contributed by atoms with Gasteiger partial charge in [0, 0.05) is 18.2 Å². The van der Waals surface area contributed by atoms with Crippen LogP contribution >= 0.6 is 0 Å². The van der Waals surface area contributed by atoms with Crippen molar-refractivity contribution in [3.63, 3.8) is 0 Å². The average Bonchev–Trinajstić information content (AvgIpc) is 2.73. The summed E-state index contributed by atoms with van der Waals surface area (Å²) in [5.41, 5.74) is 2.90. The number of aromatic amines is 1. The standard InChI is InChI=1S/C22H21FN4O2/c1-14(24-22(29)15-7-9-16(23)10-8-15)17-11-12-19-18(25-17)4-3-13-27(19)20-5-2-6-21(28)26-20/h2,5-12,14H,3-4,13H2,1H3,(H,24,29)(H,26,28)/t14-/m0/s1. The molecule has 6 nitrogen and oxygen atoms in total. The summed E-state index contributed by atoms with van der Waals surface area (Å²) in [6.45, 7) is 2.66. The van der Waals surface area contributed by atoms with Crippen molar-refractivity contribution in [3.8, 4) is 0 Å². The van der Waals surface area contributed by atoms with Crippen LogP contribution in [0.2, 0.25) is 0 Å². The van der Waals surface area contributed by atoms with Crippen LogP contribution in [0.5, 0.6) is 0 Å². The molecule has 3 aromatic rings. The molecule has 0 unspecified atom stereocenters. The number of aryl methyl sites for hydroxylation is 1. The summed E-state index contributed by atoms with van der Waals surface area (Å²) in [5.74, 6) is 0.0847. The van der Waals surface area contributed by atoms with Gasteiger partial charge in [0.15, 0.2) is 0 Å². The number of nitrogens with one attached hydrogen (secondary N) is 2. The monoisotopic (exact) mass is 392 g/mol. The van der Waals surface area contributed by atoms with Gasteiger partial charge < -0.3 is 15.2 Å². The molecule has 0 aliphatic carbocycles. The van der Waals surface area contributed by atoms with Gasteiger partial charge in [-0.2, -0.15) is 0 Å². The summed E-state index contributed by atoms with van der Waals surface area (Å²) in [6, 6.07) is 14.1. The molecule has 3 heterocycles. The highest BCUT2D eigenvalue weighted by Gasteiger charge is 2.22. The Morgan fingerprint density at radius 3 is 2.72 bits per heavy atom. The number of fused-ring (bicyclic) bond motifs is 1. The number of rotatable bonds is 4. The summed E-state index contributed by atoms with van der Waals surface area (Å²) in [4.78, 5) is 33.7. The fourth-order valence-corrected chi connectivity index (χ4v) is 3.51. The van der Waals surface area contributed by atoms with Crippen molar-refractivity contribution in [2.75, 3.05) is 11.4 Å². The average molecular weight is 392 g/mol. The highest BCUT2D eigenvalue weighted by molar-refractivity contribution is 5.94. The van der Waals surface area contributed by atoms with E-state index in [9.17, 15) is 14.0 Å². The first-order chi connectivity index (χ1) is 14.0. The van der Waals surface area contributed by atoms with Crippen LogP contribution in [-0.4, -0.2) is 22.4 Å². The first-order valence-electron chi connectivity index (χ1n) is 9.54. The summed E-state index contributed by atoms with van der Waals surface area (Å²) in [5, 5.41) is 2.90. The lowest BCUT2D eigenvalue weighted by Gasteiger charge is -2.30. The smallest absolute Gasteiger partial charge is 0.251 e. The molecule has 1 amide bonds. The molecule has 0 saturated carbocycles. The van der Waals surface area contributed by atoms with Gasteiger partial charge in [0.2, 0.25) is 5.56 Å². The molecular weight excluding hydrogens is 371 g/mol. The second kappa shape index (κ2) is 7.87. The Labute approximate surface area is 167 Å². The Morgan fingerprint density at radius 2 is 1.97 bits per heavy atom. The topological polar surface area (TPSA) is 78.1 Å². The van der Waals surface area contributed by atoms with Crippen molar-refractivity contribution in [2.24, 2.45) is 0 Å². The molecule has 7 heteroatoms. The van der Waals surface area contributed by atoms with Gasteiger partial charge in [-0.3, -0.25) is 14.6 Å². The zero-order chi connectivity index (χ0) is 20.4. The van der Waals surface area contributed by atoms with Crippen LogP contribution in [0.4, 0.5) is 15.9 Å². The van der Waals surface area contributed by atoms with Crippen molar-refractivity contribution >= 4 is 17.4 Å². The lowest BCUT2D eigenvalue weighted by molar-refractivity contribution is 0.0939. The van der Waals surface area contributed by atoms with E-state index in [-0.39, 0.29) is 23.3 Å². The van der Waals surface area contributed by atoms with Crippen molar-refractivity contribution in [1.29, 1.82) is 0 Å². The molecule has 1 atom stereocenters. The number of amides is 1. The van der Waals surface area contributed by atoms with Crippen molar-refractivity contribution in [2.45, 2.75) is 25.8 Å². The highest BCUT2D eigenvalue weighted by atomic mass is 19.1. The minimum Gasteiger partial charge on any atom is -0.344 e. The fourth-order valence-electron chi connectivity index (χ4n) is 3.51. The van der Waals surface area contributed by atoms with E-state index in [1.54, 1.807) is 6.07 Å². The van der Waals surface area contributed by atoms with Gasteiger partial charge in [0.1, 0.15) is 11.6 Å². The third-order valence-corrected chi connectivity index (χ3v) is 5.00. The first kappa shape index (κ1) is 18.9. The lowest BCUT2D eigenvalue weighted by atomic mass is 10.1. The largest absolute Gasteiger partial charge is 0.344 e. The number of H-pyrrole nitrogens is 1. The Bertz CT molecular complexity index is 1090. The van der Waals surface area contributed by atoms with Gasteiger partial charge in [0.25, 0.3) is 5.91 Å². The number of carbonyl (C=O) groups is 1. The van der Waals surface area contributed by atoms with E-state index in [0.29, 0.717) is 5.56 Å². The zero-order valence-electron chi connectivity index (χ0n) is 16.0. The van der Waals surface area contributed by atoms with Gasteiger partial charge in [-0.1, -0.05) is 6.07 Å². The number of carbonyl (C=O) groups excluding carboxylic acids is 1. The lowest BCUT2D eigenvalue weighted by Crippen LogP contribution is -2.30. The number of hydrogen-bond acceptors (Lipinski definition) is 4. The maximum Gasteiger partial charge on any atom is 0.251 e. The number of pyridine rings is 2. The highest BCUT2D eigenvalue weighted by Crippen LogP contribution is 2.31. The molecule has 0 spiro atoms. The SMILES string of the molecule is C[C@H](NC(=O)c1ccc(F)cc1)c1ccc2c(n1)CCCN2c1cccc(=O)[nH]1. The maximum absolute atomic E-state index is 13.0. The summed E-state index contributed by atoms with van der Waals surface area (Å²) in [7, 11) is 0. The molecule has 2 aromatic heterocycles. The van der Waals surface area contributed by atoms with Crippen LogP contribution in [0.1, 0.15) is 41.1 Å². The van der Waals surface area contributed by atoms with E-state index < -0.39 is 0 Å². The minimum atomic E-state index is -0.379. The van der Waals surface area contributed by atoms with E-state index >= 15 is 0 Å². The Kier molecular flexibility index (Phi) is 5.12. The molecule has 0 fully saturated rings. The van der Waals surface area contributed by atoms with Gasteiger partial charge in [-0.25, -0.2) is 4.39 Å². The summed E-state index contributed by atoms with van der Waals surface area (Å²) in [6.07, 6.45) is 1.74. The Hall–Kier alpha value is -3.48. The Balaban J connectivity index is 1.55. The number of benzene rings is 1.